The van der Waals surface area contributed by atoms with E-state index < -0.39 is 10.0 Å². The molecule has 0 unspecified atom stereocenters. The number of aryl methyl sites for hydroxylation is 1. The Morgan fingerprint density at radius 2 is 1.82 bits per heavy atom. The van der Waals surface area contributed by atoms with Crippen molar-refractivity contribution in [2.24, 2.45) is 5.92 Å². The van der Waals surface area contributed by atoms with E-state index in [4.69, 9.17) is 0 Å². The third-order valence-corrected chi connectivity index (χ3v) is 6.09. The first-order valence-electron chi connectivity index (χ1n) is 7.68. The Hall–Kier alpha value is -1.40. The fraction of sp³-hybridized carbons (Fsp3) is 0.562. The van der Waals surface area contributed by atoms with Gasteiger partial charge in [0.2, 0.25) is 15.9 Å². The van der Waals surface area contributed by atoms with Crippen LogP contribution in [0, 0.1) is 12.8 Å². The van der Waals surface area contributed by atoms with Gasteiger partial charge in [-0.25, -0.2) is 8.42 Å². The lowest BCUT2D eigenvalue weighted by molar-refractivity contribution is -0.124. The lowest BCUT2D eigenvalue weighted by atomic mass is 10.1. The number of nitrogens with zero attached hydrogens (tertiary/aromatic N) is 1. The standard InChI is InChI=1S/C16H24N2O3S/c1-12(2)16(19)17-14-8-10-18(11-9-14)22(20,21)15-7-5-4-6-13(15)3/h4-7,12,14H,8-11H2,1-3H3,(H,17,19). The summed E-state index contributed by atoms with van der Waals surface area (Å²) in [6.45, 7) is 6.40. The minimum Gasteiger partial charge on any atom is -0.353 e. The van der Waals surface area contributed by atoms with Crippen LogP contribution < -0.4 is 5.32 Å². The third kappa shape index (κ3) is 3.67. The largest absolute Gasteiger partial charge is 0.353 e. The highest BCUT2D eigenvalue weighted by Crippen LogP contribution is 2.23. The fourth-order valence-corrected chi connectivity index (χ4v) is 4.29. The number of hydrogen-bond acceptors (Lipinski definition) is 3. The van der Waals surface area contributed by atoms with E-state index in [1.54, 1.807) is 12.1 Å². The van der Waals surface area contributed by atoms with Crippen molar-refractivity contribution in [1.29, 1.82) is 0 Å². The molecule has 1 fully saturated rings. The van der Waals surface area contributed by atoms with Gasteiger partial charge in [-0.3, -0.25) is 4.79 Å². The van der Waals surface area contributed by atoms with E-state index >= 15 is 0 Å². The Balaban J connectivity index is 2.02. The van der Waals surface area contributed by atoms with Crippen LogP contribution in [0.1, 0.15) is 32.3 Å². The van der Waals surface area contributed by atoms with Crippen LogP contribution in [-0.2, 0) is 14.8 Å². The van der Waals surface area contributed by atoms with E-state index in [0.29, 0.717) is 30.8 Å². The molecule has 5 nitrogen and oxygen atoms in total. The lowest BCUT2D eigenvalue weighted by Gasteiger charge is -2.32. The van der Waals surface area contributed by atoms with E-state index in [1.165, 1.54) is 4.31 Å². The molecule has 1 aliphatic rings. The van der Waals surface area contributed by atoms with Crippen LogP contribution in [0.15, 0.2) is 29.2 Å². The predicted molar refractivity (Wildman–Crippen MR) is 85.9 cm³/mol. The zero-order chi connectivity index (χ0) is 16.3. The Bertz CT molecular complexity index is 633. The van der Waals surface area contributed by atoms with Gasteiger partial charge in [0.1, 0.15) is 0 Å². The molecule has 0 bridgehead atoms. The smallest absolute Gasteiger partial charge is 0.243 e. The summed E-state index contributed by atoms with van der Waals surface area (Å²) in [4.78, 5) is 12.1. The molecule has 1 amide bonds. The normalized spacial score (nSPS) is 17.6. The minimum absolute atomic E-state index is 0.0280. The summed E-state index contributed by atoms with van der Waals surface area (Å²) in [6, 6.07) is 7.11. The first kappa shape index (κ1) is 17.0. The number of carbonyl (C=O) groups is 1. The lowest BCUT2D eigenvalue weighted by Crippen LogP contribution is -2.47. The molecule has 0 radical (unpaired) electrons. The molecule has 0 saturated carbocycles. The molecule has 6 heteroatoms. The van der Waals surface area contributed by atoms with Crippen LogP contribution >= 0.6 is 0 Å². The van der Waals surface area contributed by atoms with E-state index in [1.807, 2.05) is 32.9 Å². The van der Waals surface area contributed by atoms with Crippen molar-refractivity contribution in [3.8, 4) is 0 Å². The number of hydrogen-bond donors (Lipinski definition) is 1. The van der Waals surface area contributed by atoms with Gasteiger partial charge in [0, 0.05) is 25.0 Å². The minimum atomic E-state index is -3.44. The van der Waals surface area contributed by atoms with Crippen LogP contribution in [0.25, 0.3) is 0 Å². The van der Waals surface area contributed by atoms with Gasteiger partial charge in [-0.05, 0) is 31.4 Å². The molecule has 0 aliphatic carbocycles. The zero-order valence-electron chi connectivity index (χ0n) is 13.4. The average molecular weight is 324 g/mol. The van der Waals surface area contributed by atoms with Gasteiger partial charge in [0.05, 0.1) is 4.90 Å². The molecule has 1 N–H and O–H groups in total. The maximum absolute atomic E-state index is 12.7. The van der Waals surface area contributed by atoms with Crippen molar-refractivity contribution in [2.45, 2.75) is 44.6 Å². The number of rotatable bonds is 4. The van der Waals surface area contributed by atoms with E-state index in [2.05, 4.69) is 5.32 Å². The summed E-state index contributed by atoms with van der Waals surface area (Å²) >= 11 is 0. The van der Waals surface area contributed by atoms with Gasteiger partial charge >= 0.3 is 0 Å². The van der Waals surface area contributed by atoms with Gasteiger partial charge in [-0.1, -0.05) is 32.0 Å². The number of piperidine rings is 1. The van der Waals surface area contributed by atoms with Crippen molar-refractivity contribution in [1.82, 2.24) is 9.62 Å². The van der Waals surface area contributed by atoms with Crippen LogP contribution in [-0.4, -0.2) is 37.8 Å². The molecule has 0 spiro atoms. The Morgan fingerprint density at radius 3 is 2.36 bits per heavy atom. The second-order valence-corrected chi connectivity index (χ2v) is 8.01. The molecular weight excluding hydrogens is 300 g/mol. The highest BCUT2D eigenvalue weighted by atomic mass is 32.2. The van der Waals surface area contributed by atoms with Crippen LogP contribution in [0.3, 0.4) is 0 Å². The quantitative estimate of drug-likeness (QED) is 0.920. The van der Waals surface area contributed by atoms with Gasteiger partial charge in [0.25, 0.3) is 0 Å². The molecule has 1 aromatic rings. The Labute approximate surface area is 132 Å². The van der Waals surface area contributed by atoms with E-state index in [0.717, 1.165) is 5.56 Å². The van der Waals surface area contributed by atoms with Crippen LogP contribution in [0.4, 0.5) is 0 Å². The molecule has 1 saturated heterocycles. The second kappa shape index (κ2) is 6.79. The second-order valence-electron chi connectivity index (χ2n) is 6.11. The Morgan fingerprint density at radius 1 is 1.23 bits per heavy atom. The zero-order valence-corrected chi connectivity index (χ0v) is 14.2. The van der Waals surface area contributed by atoms with Crippen LogP contribution in [0.5, 0.6) is 0 Å². The summed E-state index contributed by atoms with van der Waals surface area (Å²) in [7, 11) is -3.44. The number of nitrogens with one attached hydrogen (secondary N) is 1. The van der Waals surface area contributed by atoms with E-state index in [-0.39, 0.29) is 17.9 Å². The van der Waals surface area contributed by atoms with Gasteiger partial charge in [-0.2, -0.15) is 4.31 Å². The predicted octanol–water partition coefficient (Wildman–Crippen LogP) is 1.92. The third-order valence-electron chi connectivity index (χ3n) is 4.04. The van der Waals surface area contributed by atoms with Crippen LogP contribution in [0.2, 0.25) is 0 Å². The molecule has 2 rings (SSSR count). The molecule has 1 aliphatic heterocycles. The van der Waals surface area contributed by atoms with Gasteiger partial charge < -0.3 is 5.32 Å². The van der Waals surface area contributed by atoms with Crippen molar-refractivity contribution in [2.75, 3.05) is 13.1 Å². The molecular formula is C16H24N2O3S. The highest BCUT2D eigenvalue weighted by molar-refractivity contribution is 7.89. The molecule has 0 aromatic heterocycles. The maximum Gasteiger partial charge on any atom is 0.243 e. The molecule has 22 heavy (non-hydrogen) atoms. The number of amides is 1. The molecule has 0 atom stereocenters. The molecule has 1 heterocycles. The average Bonchev–Trinajstić information content (AvgIpc) is 2.48. The fourth-order valence-electron chi connectivity index (χ4n) is 2.59. The SMILES string of the molecule is Cc1ccccc1S(=O)(=O)N1CCC(NC(=O)C(C)C)CC1. The summed E-state index contributed by atoms with van der Waals surface area (Å²) in [6.07, 6.45) is 1.31. The Kier molecular flexibility index (Phi) is 5.24. The molecule has 1 aromatic carbocycles. The number of carbonyl (C=O) groups excluding carboxylic acids is 1. The maximum atomic E-state index is 12.7. The summed E-state index contributed by atoms with van der Waals surface area (Å²) in [5.41, 5.74) is 0.762. The highest BCUT2D eigenvalue weighted by Gasteiger charge is 2.30. The van der Waals surface area contributed by atoms with Crippen molar-refractivity contribution >= 4 is 15.9 Å². The number of benzene rings is 1. The number of sulfonamides is 1. The molecule has 122 valence electrons. The van der Waals surface area contributed by atoms with Crippen molar-refractivity contribution in [3.63, 3.8) is 0 Å². The van der Waals surface area contributed by atoms with E-state index in [9.17, 15) is 13.2 Å². The van der Waals surface area contributed by atoms with Crippen molar-refractivity contribution < 1.29 is 13.2 Å². The summed E-state index contributed by atoms with van der Waals surface area (Å²) in [5.74, 6) is -0.0195. The summed E-state index contributed by atoms with van der Waals surface area (Å²) in [5, 5.41) is 2.98. The summed E-state index contributed by atoms with van der Waals surface area (Å²) < 4.78 is 26.9. The van der Waals surface area contributed by atoms with Gasteiger partial charge in [-0.15, -0.1) is 0 Å². The topological polar surface area (TPSA) is 66.5 Å². The first-order valence-corrected chi connectivity index (χ1v) is 9.12. The van der Waals surface area contributed by atoms with Crippen molar-refractivity contribution in [3.05, 3.63) is 29.8 Å². The monoisotopic (exact) mass is 324 g/mol. The first-order chi connectivity index (χ1) is 10.3. The van der Waals surface area contributed by atoms with Gasteiger partial charge in [0.15, 0.2) is 0 Å².